The number of nitrogens with one attached hydrogen (secondary N) is 1. The van der Waals surface area contributed by atoms with Crippen LogP contribution in [0.15, 0.2) is 29.6 Å². The van der Waals surface area contributed by atoms with E-state index < -0.39 is 4.92 Å². The first-order valence-electron chi connectivity index (χ1n) is 5.07. The molecule has 0 fully saturated rings. The summed E-state index contributed by atoms with van der Waals surface area (Å²) in [5.74, 6) is 0. The first-order valence-corrected chi connectivity index (χ1v) is 6.33. The number of benzene rings is 1. The van der Waals surface area contributed by atoms with E-state index in [0.717, 1.165) is 4.88 Å². The van der Waals surface area contributed by atoms with Crippen LogP contribution in [0, 0.1) is 10.1 Å². The van der Waals surface area contributed by atoms with E-state index in [0.29, 0.717) is 22.9 Å². The van der Waals surface area contributed by atoms with Crippen LogP contribution in [-0.4, -0.2) is 4.92 Å². The molecule has 0 saturated heterocycles. The van der Waals surface area contributed by atoms with Gasteiger partial charge in [-0.05, 0) is 17.5 Å². The van der Waals surface area contributed by atoms with Crippen molar-refractivity contribution < 1.29 is 4.92 Å². The molecule has 0 amide bonds. The summed E-state index contributed by atoms with van der Waals surface area (Å²) in [6, 6.07) is 6.09. The maximum atomic E-state index is 10.7. The third kappa shape index (κ3) is 2.72. The number of rotatable bonds is 4. The molecule has 0 aliphatic rings. The van der Waals surface area contributed by atoms with Crippen molar-refractivity contribution in [1.82, 2.24) is 0 Å². The zero-order valence-corrected chi connectivity index (χ0v) is 10.8. The quantitative estimate of drug-likeness (QED) is 0.664. The van der Waals surface area contributed by atoms with Crippen molar-refractivity contribution in [1.29, 1.82) is 0 Å². The summed E-state index contributed by atoms with van der Waals surface area (Å²) in [5.41, 5.74) is 6.98. The van der Waals surface area contributed by atoms with Crippen molar-refractivity contribution in [3.8, 4) is 0 Å². The van der Waals surface area contributed by atoms with Crippen molar-refractivity contribution in [2.45, 2.75) is 6.54 Å². The maximum Gasteiger partial charge on any atom is 0.271 e. The van der Waals surface area contributed by atoms with Crippen molar-refractivity contribution in [2.24, 2.45) is 0 Å². The lowest BCUT2D eigenvalue weighted by molar-refractivity contribution is -0.384. The first kappa shape index (κ1) is 12.7. The number of thiophene rings is 1. The molecule has 7 heteroatoms. The molecule has 5 nitrogen and oxygen atoms in total. The monoisotopic (exact) mass is 283 g/mol. The zero-order chi connectivity index (χ0) is 13.1. The van der Waals surface area contributed by atoms with Crippen LogP contribution in [0.2, 0.25) is 5.02 Å². The third-order valence-electron chi connectivity index (χ3n) is 2.38. The van der Waals surface area contributed by atoms with Crippen molar-refractivity contribution in [3.63, 3.8) is 0 Å². The van der Waals surface area contributed by atoms with Crippen LogP contribution in [0.25, 0.3) is 0 Å². The number of halogens is 1. The predicted octanol–water partition coefficient (Wildman–Crippen LogP) is 3.50. The van der Waals surface area contributed by atoms with Gasteiger partial charge in [0, 0.05) is 22.7 Å². The lowest BCUT2D eigenvalue weighted by atomic mass is 10.2. The second kappa shape index (κ2) is 5.24. The molecule has 0 aliphatic heterocycles. The summed E-state index contributed by atoms with van der Waals surface area (Å²) in [6.07, 6.45) is 0. The van der Waals surface area contributed by atoms with Gasteiger partial charge in [0.1, 0.15) is 0 Å². The molecular weight excluding hydrogens is 274 g/mol. The summed E-state index contributed by atoms with van der Waals surface area (Å²) >= 11 is 7.49. The average Bonchev–Trinajstić information content (AvgIpc) is 2.73. The second-order valence-corrected chi connectivity index (χ2v) is 4.98. The van der Waals surface area contributed by atoms with Crippen LogP contribution in [-0.2, 0) is 6.54 Å². The Morgan fingerprint density at radius 3 is 2.83 bits per heavy atom. The average molecular weight is 284 g/mol. The Morgan fingerprint density at radius 2 is 2.22 bits per heavy atom. The summed E-state index contributed by atoms with van der Waals surface area (Å²) in [6.45, 7) is 0.490. The van der Waals surface area contributed by atoms with E-state index in [1.54, 1.807) is 0 Å². The van der Waals surface area contributed by atoms with Crippen LogP contribution in [0.5, 0.6) is 0 Å². The highest BCUT2D eigenvalue weighted by Gasteiger charge is 2.10. The third-order valence-corrected chi connectivity index (χ3v) is 3.65. The van der Waals surface area contributed by atoms with Gasteiger partial charge in [0.05, 0.1) is 22.2 Å². The Hall–Kier alpha value is -1.79. The number of nitro groups is 1. The van der Waals surface area contributed by atoms with Gasteiger partial charge in [-0.15, -0.1) is 11.3 Å². The van der Waals surface area contributed by atoms with Crippen LogP contribution in [0.4, 0.5) is 17.1 Å². The molecule has 0 saturated carbocycles. The predicted molar refractivity (Wildman–Crippen MR) is 74.2 cm³/mol. The minimum atomic E-state index is -0.457. The molecule has 1 aromatic heterocycles. The molecule has 18 heavy (non-hydrogen) atoms. The van der Waals surface area contributed by atoms with E-state index in [4.69, 9.17) is 17.3 Å². The number of anilines is 2. The SMILES string of the molecule is Nc1ccsc1CNc1cc([N+](=O)[O-])ccc1Cl. The Kier molecular flexibility index (Phi) is 3.69. The minimum Gasteiger partial charge on any atom is -0.398 e. The normalized spacial score (nSPS) is 10.3. The van der Waals surface area contributed by atoms with Gasteiger partial charge in [0.15, 0.2) is 0 Å². The Morgan fingerprint density at radius 1 is 1.44 bits per heavy atom. The van der Waals surface area contributed by atoms with Gasteiger partial charge in [-0.25, -0.2) is 0 Å². The summed E-state index contributed by atoms with van der Waals surface area (Å²) < 4.78 is 0. The number of nitrogens with zero attached hydrogens (tertiary/aromatic N) is 1. The molecule has 2 rings (SSSR count). The zero-order valence-electron chi connectivity index (χ0n) is 9.22. The molecule has 0 radical (unpaired) electrons. The Labute approximate surface area is 112 Å². The molecule has 0 aliphatic carbocycles. The Bertz CT molecular complexity index is 585. The number of hydrogen-bond donors (Lipinski definition) is 2. The number of nitro benzene ring substituents is 1. The van der Waals surface area contributed by atoms with E-state index in [9.17, 15) is 10.1 Å². The molecule has 3 N–H and O–H groups in total. The number of nitrogen functional groups attached to an aromatic ring is 1. The highest BCUT2D eigenvalue weighted by Crippen LogP contribution is 2.28. The van der Waals surface area contributed by atoms with E-state index in [2.05, 4.69) is 5.32 Å². The van der Waals surface area contributed by atoms with Crippen molar-refractivity contribution >= 4 is 40.0 Å². The molecule has 0 atom stereocenters. The number of nitrogens with two attached hydrogens (primary N) is 1. The molecule has 1 heterocycles. The van der Waals surface area contributed by atoms with Crippen LogP contribution < -0.4 is 11.1 Å². The molecule has 2 aromatic rings. The van der Waals surface area contributed by atoms with Gasteiger partial charge in [-0.3, -0.25) is 10.1 Å². The van der Waals surface area contributed by atoms with Gasteiger partial charge >= 0.3 is 0 Å². The van der Waals surface area contributed by atoms with Crippen molar-refractivity contribution in [3.05, 3.63) is 49.7 Å². The molecule has 94 valence electrons. The Balaban J connectivity index is 2.16. The summed E-state index contributed by atoms with van der Waals surface area (Å²) in [5, 5.41) is 16.0. The van der Waals surface area contributed by atoms with E-state index in [1.807, 2.05) is 11.4 Å². The van der Waals surface area contributed by atoms with Gasteiger partial charge in [0.2, 0.25) is 0 Å². The van der Waals surface area contributed by atoms with Crippen molar-refractivity contribution in [2.75, 3.05) is 11.1 Å². The summed E-state index contributed by atoms with van der Waals surface area (Å²) in [4.78, 5) is 11.2. The number of non-ortho nitro benzene ring substituents is 1. The molecular formula is C11H10ClN3O2S. The fourth-order valence-electron chi connectivity index (χ4n) is 1.43. The van der Waals surface area contributed by atoms with Gasteiger partial charge in [0.25, 0.3) is 5.69 Å². The topological polar surface area (TPSA) is 81.2 Å². The summed E-state index contributed by atoms with van der Waals surface area (Å²) in [7, 11) is 0. The lowest BCUT2D eigenvalue weighted by Crippen LogP contribution is -2.01. The molecule has 0 spiro atoms. The maximum absolute atomic E-state index is 10.7. The highest BCUT2D eigenvalue weighted by molar-refractivity contribution is 7.10. The van der Waals surface area contributed by atoms with Gasteiger partial charge in [-0.1, -0.05) is 11.6 Å². The lowest BCUT2D eigenvalue weighted by Gasteiger charge is -2.07. The van der Waals surface area contributed by atoms with Gasteiger partial charge in [-0.2, -0.15) is 0 Å². The second-order valence-electron chi connectivity index (χ2n) is 3.57. The molecule has 0 bridgehead atoms. The first-order chi connectivity index (χ1) is 8.58. The van der Waals surface area contributed by atoms with Crippen LogP contribution in [0.1, 0.15) is 4.88 Å². The minimum absolute atomic E-state index is 0.000974. The van der Waals surface area contributed by atoms with E-state index in [1.165, 1.54) is 29.5 Å². The fraction of sp³-hybridized carbons (Fsp3) is 0.0909. The van der Waals surface area contributed by atoms with E-state index in [-0.39, 0.29) is 5.69 Å². The van der Waals surface area contributed by atoms with Crippen LogP contribution >= 0.6 is 22.9 Å². The standard InChI is InChI=1S/C11H10ClN3O2S/c12-8-2-1-7(15(16)17)5-10(8)14-6-11-9(13)3-4-18-11/h1-5,14H,6,13H2. The number of hydrogen-bond acceptors (Lipinski definition) is 5. The molecule has 1 aromatic carbocycles. The fourth-order valence-corrected chi connectivity index (χ4v) is 2.35. The van der Waals surface area contributed by atoms with E-state index >= 15 is 0 Å². The van der Waals surface area contributed by atoms with Crippen LogP contribution in [0.3, 0.4) is 0 Å². The molecule has 0 unspecified atom stereocenters. The largest absolute Gasteiger partial charge is 0.398 e. The highest BCUT2D eigenvalue weighted by atomic mass is 35.5. The van der Waals surface area contributed by atoms with Gasteiger partial charge < -0.3 is 11.1 Å². The smallest absolute Gasteiger partial charge is 0.271 e.